The van der Waals surface area contributed by atoms with Crippen molar-refractivity contribution in [1.29, 1.82) is 0 Å². The summed E-state index contributed by atoms with van der Waals surface area (Å²) in [6.45, 7) is 7.13. The van der Waals surface area contributed by atoms with Crippen LogP contribution in [-0.2, 0) is 0 Å². The molecule has 0 aliphatic carbocycles. The Balaban J connectivity index is 2.29. The molecular weight excluding hydrogens is 239 g/mol. The van der Waals surface area contributed by atoms with Crippen molar-refractivity contribution in [3.8, 4) is 0 Å². The van der Waals surface area contributed by atoms with Gasteiger partial charge in [0, 0.05) is 36.4 Å². The fraction of sp³-hybridized carbons (Fsp3) is 0.538. The number of rotatable bonds is 2. The highest BCUT2D eigenvalue weighted by molar-refractivity contribution is 6.30. The molecule has 1 aliphatic heterocycles. The Morgan fingerprint density at radius 1 is 1.41 bits per heavy atom. The number of benzene rings is 1. The summed E-state index contributed by atoms with van der Waals surface area (Å²) in [7, 11) is 0. The first-order valence-electron chi connectivity index (χ1n) is 6.01. The summed E-state index contributed by atoms with van der Waals surface area (Å²) in [5, 5.41) is 3.84. The quantitative estimate of drug-likeness (QED) is 0.875. The third kappa shape index (κ3) is 2.90. The van der Waals surface area contributed by atoms with Gasteiger partial charge in [0.25, 0.3) is 0 Å². The molecule has 0 amide bonds. The SMILES string of the molecule is CC(C)C1CNCCN1c1cc(F)cc(Cl)c1. The third-order valence-corrected chi connectivity index (χ3v) is 3.45. The van der Waals surface area contributed by atoms with Gasteiger partial charge in [-0.3, -0.25) is 0 Å². The van der Waals surface area contributed by atoms with Crippen LogP contribution in [0.25, 0.3) is 0 Å². The fourth-order valence-corrected chi connectivity index (χ4v) is 2.56. The van der Waals surface area contributed by atoms with Crippen LogP contribution in [0, 0.1) is 11.7 Å². The molecule has 1 heterocycles. The maximum absolute atomic E-state index is 13.4. The van der Waals surface area contributed by atoms with Gasteiger partial charge in [0.05, 0.1) is 0 Å². The Hall–Kier alpha value is -0.800. The highest BCUT2D eigenvalue weighted by Crippen LogP contribution is 2.26. The average Bonchev–Trinajstić information content (AvgIpc) is 2.27. The highest BCUT2D eigenvalue weighted by Gasteiger charge is 2.25. The number of hydrogen-bond donors (Lipinski definition) is 1. The standard InChI is InChI=1S/C13H18ClFN2/c1-9(2)13-8-16-3-4-17(13)12-6-10(14)5-11(15)7-12/h5-7,9,13,16H,3-4,8H2,1-2H3. The molecule has 1 N–H and O–H groups in total. The van der Waals surface area contributed by atoms with E-state index in [0.717, 1.165) is 25.3 Å². The van der Waals surface area contributed by atoms with E-state index in [1.165, 1.54) is 6.07 Å². The lowest BCUT2D eigenvalue weighted by Crippen LogP contribution is -2.53. The molecule has 17 heavy (non-hydrogen) atoms. The highest BCUT2D eigenvalue weighted by atomic mass is 35.5. The predicted octanol–water partition coefficient (Wildman–Crippen LogP) is 2.91. The predicted molar refractivity (Wildman–Crippen MR) is 70.3 cm³/mol. The Morgan fingerprint density at radius 2 is 2.18 bits per heavy atom. The van der Waals surface area contributed by atoms with E-state index in [2.05, 4.69) is 24.1 Å². The number of piperazine rings is 1. The number of nitrogens with zero attached hydrogens (tertiary/aromatic N) is 1. The van der Waals surface area contributed by atoms with E-state index in [1.54, 1.807) is 6.07 Å². The van der Waals surface area contributed by atoms with Crippen LogP contribution in [0.1, 0.15) is 13.8 Å². The van der Waals surface area contributed by atoms with Gasteiger partial charge < -0.3 is 10.2 Å². The lowest BCUT2D eigenvalue weighted by molar-refractivity contribution is 0.390. The first-order valence-corrected chi connectivity index (χ1v) is 6.39. The first kappa shape index (κ1) is 12.7. The van der Waals surface area contributed by atoms with E-state index < -0.39 is 0 Å². The monoisotopic (exact) mass is 256 g/mol. The van der Waals surface area contributed by atoms with Crippen molar-refractivity contribution in [1.82, 2.24) is 5.32 Å². The molecule has 0 radical (unpaired) electrons. The number of nitrogens with one attached hydrogen (secondary N) is 1. The molecule has 1 aromatic rings. The second kappa shape index (κ2) is 5.23. The fourth-order valence-electron chi connectivity index (χ4n) is 2.35. The van der Waals surface area contributed by atoms with Gasteiger partial charge in [0.1, 0.15) is 5.82 Å². The van der Waals surface area contributed by atoms with Crippen molar-refractivity contribution in [2.45, 2.75) is 19.9 Å². The molecule has 1 saturated heterocycles. The molecule has 1 aromatic carbocycles. The van der Waals surface area contributed by atoms with E-state index in [0.29, 0.717) is 17.0 Å². The topological polar surface area (TPSA) is 15.3 Å². The smallest absolute Gasteiger partial charge is 0.126 e. The Kier molecular flexibility index (Phi) is 3.89. The molecule has 0 bridgehead atoms. The van der Waals surface area contributed by atoms with E-state index in [-0.39, 0.29) is 5.82 Å². The van der Waals surface area contributed by atoms with Crippen molar-refractivity contribution in [3.05, 3.63) is 29.0 Å². The van der Waals surface area contributed by atoms with Crippen molar-refractivity contribution < 1.29 is 4.39 Å². The van der Waals surface area contributed by atoms with E-state index in [4.69, 9.17) is 11.6 Å². The largest absolute Gasteiger partial charge is 0.366 e. The minimum absolute atomic E-state index is 0.270. The van der Waals surface area contributed by atoms with Gasteiger partial charge >= 0.3 is 0 Å². The van der Waals surface area contributed by atoms with Crippen LogP contribution in [0.2, 0.25) is 5.02 Å². The van der Waals surface area contributed by atoms with Crippen LogP contribution in [0.4, 0.5) is 10.1 Å². The summed E-state index contributed by atoms with van der Waals surface area (Å²) in [5.41, 5.74) is 0.884. The van der Waals surface area contributed by atoms with Crippen LogP contribution in [-0.4, -0.2) is 25.7 Å². The number of hydrogen-bond acceptors (Lipinski definition) is 2. The zero-order valence-corrected chi connectivity index (χ0v) is 11.0. The molecule has 4 heteroatoms. The normalized spacial score (nSPS) is 21.0. The molecule has 0 saturated carbocycles. The van der Waals surface area contributed by atoms with Crippen LogP contribution in [0.5, 0.6) is 0 Å². The van der Waals surface area contributed by atoms with E-state index >= 15 is 0 Å². The molecule has 0 spiro atoms. The van der Waals surface area contributed by atoms with Crippen LogP contribution in [0.15, 0.2) is 18.2 Å². The summed E-state index contributed by atoms with van der Waals surface area (Å²) >= 11 is 5.91. The van der Waals surface area contributed by atoms with Gasteiger partial charge in [-0.15, -0.1) is 0 Å². The molecule has 94 valence electrons. The van der Waals surface area contributed by atoms with E-state index in [1.807, 2.05) is 6.07 Å². The number of halogens is 2. The lowest BCUT2D eigenvalue weighted by Gasteiger charge is -2.40. The molecule has 1 atom stereocenters. The molecule has 2 rings (SSSR count). The van der Waals surface area contributed by atoms with Crippen molar-refractivity contribution in [3.63, 3.8) is 0 Å². The van der Waals surface area contributed by atoms with Crippen LogP contribution >= 0.6 is 11.6 Å². The molecule has 1 aliphatic rings. The molecular formula is C13H18ClFN2. The van der Waals surface area contributed by atoms with Gasteiger partial charge in [-0.05, 0) is 24.1 Å². The summed E-state index contributed by atoms with van der Waals surface area (Å²) in [4.78, 5) is 2.25. The zero-order chi connectivity index (χ0) is 12.4. The minimum atomic E-state index is -0.270. The maximum Gasteiger partial charge on any atom is 0.126 e. The summed E-state index contributed by atoms with van der Waals surface area (Å²) < 4.78 is 13.4. The van der Waals surface area contributed by atoms with Crippen molar-refractivity contribution in [2.24, 2.45) is 5.92 Å². The Labute approximate surface area is 107 Å². The van der Waals surface area contributed by atoms with Crippen LogP contribution in [0.3, 0.4) is 0 Å². The second-order valence-electron chi connectivity index (χ2n) is 4.84. The maximum atomic E-state index is 13.4. The van der Waals surface area contributed by atoms with Crippen molar-refractivity contribution in [2.75, 3.05) is 24.5 Å². The molecule has 0 aromatic heterocycles. The van der Waals surface area contributed by atoms with Crippen LogP contribution < -0.4 is 10.2 Å². The number of anilines is 1. The Morgan fingerprint density at radius 3 is 2.82 bits per heavy atom. The van der Waals surface area contributed by atoms with Gasteiger partial charge in [0.2, 0.25) is 0 Å². The zero-order valence-electron chi connectivity index (χ0n) is 10.2. The second-order valence-corrected chi connectivity index (χ2v) is 5.27. The lowest BCUT2D eigenvalue weighted by atomic mass is 10.00. The molecule has 2 nitrogen and oxygen atoms in total. The molecule has 1 fully saturated rings. The first-order chi connectivity index (χ1) is 8.08. The summed E-state index contributed by atoms with van der Waals surface area (Å²) in [6, 6.07) is 5.14. The Bertz CT molecular complexity index is 375. The average molecular weight is 257 g/mol. The summed E-state index contributed by atoms with van der Waals surface area (Å²) in [5.74, 6) is 0.249. The summed E-state index contributed by atoms with van der Waals surface area (Å²) in [6.07, 6.45) is 0. The molecule has 1 unspecified atom stereocenters. The van der Waals surface area contributed by atoms with Gasteiger partial charge in [-0.25, -0.2) is 4.39 Å². The van der Waals surface area contributed by atoms with Gasteiger partial charge in [-0.2, -0.15) is 0 Å². The van der Waals surface area contributed by atoms with E-state index in [9.17, 15) is 4.39 Å². The third-order valence-electron chi connectivity index (χ3n) is 3.23. The van der Waals surface area contributed by atoms with Gasteiger partial charge in [0.15, 0.2) is 0 Å². The van der Waals surface area contributed by atoms with Crippen molar-refractivity contribution >= 4 is 17.3 Å². The minimum Gasteiger partial charge on any atom is -0.366 e. The van der Waals surface area contributed by atoms with Gasteiger partial charge in [-0.1, -0.05) is 25.4 Å².